The summed E-state index contributed by atoms with van der Waals surface area (Å²) in [7, 11) is 0. The van der Waals surface area contributed by atoms with Gasteiger partial charge in [-0.25, -0.2) is 0 Å². The topological polar surface area (TPSA) is 41.1 Å². The summed E-state index contributed by atoms with van der Waals surface area (Å²) < 4.78 is 0. The average Bonchev–Trinajstić information content (AvgIpc) is 2.54. The first kappa shape index (κ1) is 19.1. The fourth-order valence-electron chi connectivity index (χ4n) is 2.12. The molecule has 0 aliphatic heterocycles. The standard InChI is InChI=1S/C19H26N2OS/c1-4-8-16(5-2)9-6-7-14-20-19(23)21-18(22)17-12-10-15(3)11-13-17/h4-5,8,10-13H,6-7,9,14H2,1-3H3,(H2,20,21,22,23)/b8-4-,16-5+. The molecule has 0 unspecified atom stereocenters. The molecule has 124 valence electrons. The van der Waals surface area contributed by atoms with Crippen molar-refractivity contribution in [3.05, 3.63) is 59.2 Å². The molecule has 0 atom stereocenters. The highest BCUT2D eigenvalue weighted by atomic mass is 32.1. The number of hydrogen-bond acceptors (Lipinski definition) is 2. The van der Waals surface area contributed by atoms with Gasteiger partial charge in [0.2, 0.25) is 0 Å². The van der Waals surface area contributed by atoms with E-state index in [0.29, 0.717) is 10.7 Å². The molecule has 0 heterocycles. The molecule has 0 aliphatic rings. The van der Waals surface area contributed by atoms with Gasteiger partial charge in [-0.3, -0.25) is 10.1 Å². The van der Waals surface area contributed by atoms with E-state index in [-0.39, 0.29) is 5.91 Å². The van der Waals surface area contributed by atoms with Crippen LogP contribution in [0.4, 0.5) is 0 Å². The minimum atomic E-state index is -0.174. The minimum Gasteiger partial charge on any atom is -0.362 e. The second kappa shape index (κ2) is 10.7. The molecular formula is C19H26N2OS. The molecule has 1 aromatic rings. The summed E-state index contributed by atoms with van der Waals surface area (Å²) in [5, 5.41) is 6.17. The lowest BCUT2D eigenvalue weighted by Gasteiger charge is -2.10. The predicted octanol–water partition coefficient (Wildman–Crippen LogP) is 4.29. The number of thiocarbonyl (C=S) groups is 1. The van der Waals surface area contributed by atoms with Crippen LogP contribution in [0.25, 0.3) is 0 Å². The molecule has 23 heavy (non-hydrogen) atoms. The zero-order chi connectivity index (χ0) is 17.1. The van der Waals surface area contributed by atoms with Gasteiger partial charge >= 0.3 is 0 Å². The molecule has 0 saturated heterocycles. The molecule has 2 N–H and O–H groups in total. The zero-order valence-electron chi connectivity index (χ0n) is 14.2. The summed E-state index contributed by atoms with van der Waals surface area (Å²) in [6.45, 7) is 6.84. The maximum absolute atomic E-state index is 12.0. The van der Waals surface area contributed by atoms with E-state index >= 15 is 0 Å². The highest BCUT2D eigenvalue weighted by Gasteiger charge is 2.06. The molecule has 1 aromatic carbocycles. The summed E-state index contributed by atoms with van der Waals surface area (Å²) in [6, 6.07) is 7.42. The van der Waals surface area contributed by atoms with Crippen LogP contribution in [-0.2, 0) is 0 Å². The van der Waals surface area contributed by atoms with Crippen molar-refractivity contribution >= 4 is 23.2 Å². The quantitative estimate of drug-likeness (QED) is 0.445. The van der Waals surface area contributed by atoms with Crippen molar-refractivity contribution in [2.24, 2.45) is 0 Å². The molecule has 3 nitrogen and oxygen atoms in total. The molecule has 4 heteroatoms. The van der Waals surface area contributed by atoms with E-state index < -0.39 is 0 Å². The van der Waals surface area contributed by atoms with E-state index in [1.807, 2.05) is 26.0 Å². The van der Waals surface area contributed by atoms with Crippen LogP contribution >= 0.6 is 12.2 Å². The van der Waals surface area contributed by atoms with Crippen molar-refractivity contribution in [1.29, 1.82) is 0 Å². The van der Waals surface area contributed by atoms with Crippen LogP contribution in [0.15, 0.2) is 48.1 Å². The number of carbonyl (C=O) groups is 1. The van der Waals surface area contributed by atoms with E-state index in [4.69, 9.17) is 12.2 Å². The largest absolute Gasteiger partial charge is 0.362 e. The van der Waals surface area contributed by atoms with Gasteiger partial charge in [0.15, 0.2) is 5.11 Å². The summed E-state index contributed by atoms with van der Waals surface area (Å²) in [6.07, 6.45) is 9.50. The summed E-state index contributed by atoms with van der Waals surface area (Å²) in [5.41, 5.74) is 3.09. The van der Waals surface area contributed by atoms with Gasteiger partial charge in [0.25, 0.3) is 5.91 Å². The SMILES string of the molecule is C/C=C\C(=C/C)CCCCNC(=S)NC(=O)c1ccc(C)cc1. The van der Waals surface area contributed by atoms with Crippen LogP contribution < -0.4 is 10.6 Å². The number of carbonyl (C=O) groups excluding carboxylic acids is 1. The molecular weight excluding hydrogens is 304 g/mol. The monoisotopic (exact) mass is 330 g/mol. The number of allylic oxidation sites excluding steroid dienone is 4. The van der Waals surface area contributed by atoms with Crippen molar-refractivity contribution in [2.75, 3.05) is 6.54 Å². The van der Waals surface area contributed by atoms with E-state index in [1.165, 1.54) is 5.57 Å². The first-order chi connectivity index (χ1) is 11.1. The third kappa shape index (κ3) is 7.75. The van der Waals surface area contributed by atoms with Gasteiger partial charge in [0.05, 0.1) is 0 Å². The lowest BCUT2D eigenvalue weighted by Crippen LogP contribution is -2.39. The number of aryl methyl sites for hydroxylation is 1. The highest BCUT2D eigenvalue weighted by Crippen LogP contribution is 2.08. The fourth-order valence-corrected chi connectivity index (χ4v) is 2.31. The maximum Gasteiger partial charge on any atom is 0.257 e. The van der Waals surface area contributed by atoms with Crippen LogP contribution in [-0.4, -0.2) is 17.6 Å². The lowest BCUT2D eigenvalue weighted by atomic mass is 10.1. The van der Waals surface area contributed by atoms with E-state index in [1.54, 1.807) is 12.1 Å². The van der Waals surface area contributed by atoms with E-state index in [2.05, 4.69) is 35.8 Å². The van der Waals surface area contributed by atoms with Crippen molar-refractivity contribution in [1.82, 2.24) is 10.6 Å². The van der Waals surface area contributed by atoms with Crippen LogP contribution in [0.1, 0.15) is 49.0 Å². The van der Waals surface area contributed by atoms with Gasteiger partial charge < -0.3 is 5.32 Å². The maximum atomic E-state index is 12.0. The number of hydrogen-bond donors (Lipinski definition) is 2. The van der Waals surface area contributed by atoms with Gasteiger partial charge in [-0.15, -0.1) is 0 Å². The molecule has 0 bridgehead atoms. The van der Waals surface area contributed by atoms with Crippen molar-refractivity contribution < 1.29 is 4.79 Å². The molecule has 0 aliphatic carbocycles. The molecule has 0 radical (unpaired) electrons. The number of benzene rings is 1. The lowest BCUT2D eigenvalue weighted by molar-refractivity contribution is 0.0976. The third-order valence-corrected chi connectivity index (χ3v) is 3.72. The second-order valence-electron chi connectivity index (χ2n) is 5.40. The Hall–Kier alpha value is -1.94. The van der Waals surface area contributed by atoms with Crippen LogP contribution in [0.5, 0.6) is 0 Å². The van der Waals surface area contributed by atoms with Gasteiger partial charge in [0.1, 0.15) is 0 Å². The molecule has 0 fully saturated rings. The van der Waals surface area contributed by atoms with Crippen molar-refractivity contribution in [2.45, 2.75) is 40.0 Å². The Bertz CT molecular complexity index is 574. The number of rotatable bonds is 7. The smallest absolute Gasteiger partial charge is 0.257 e. The van der Waals surface area contributed by atoms with Crippen molar-refractivity contribution in [3.8, 4) is 0 Å². The molecule has 0 aromatic heterocycles. The van der Waals surface area contributed by atoms with Crippen LogP contribution in [0.3, 0.4) is 0 Å². The third-order valence-electron chi connectivity index (χ3n) is 3.47. The van der Waals surface area contributed by atoms with Gasteiger partial charge in [-0.2, -0.15) is 0 Å². The van der Waals surface area contributed by atoms with E-state index in [9.17, 15) is 4.79 Å². The van der Waals surface area contributed by atoms with Crippen molar-refractivity contribution in [3.63, 3.8) is 0 Å². The Morgan fingerprint density at radius 2 is 1.87 bits per heavy atom. The van der Waals surface area contributed by atoms with Gasteiger partial charge in [-0.05, 0) is 64.4 Å². The number of nitrogens with one attached hydrogen (secondary N) is 2. The summed E-state index contributed by atoms with van der Waals surface area (Å²) >= 11 is 5.16. The summed E-state index contributed by atoms with van der Waals surface area (Å²) in [4.78, 5) is 12.0. The average molecular weight is 330 g/mol. The van der Waals surface area contributed by atoms with E-state index in [0.717, 1.165) is 31.4 Å². The Morgan fingerprint density at radius 3 is 2.48 bits per heavy atom. The number of unbranched alkanes of at least 4 members (excludes halogenated alkanes) is 1. The molecule has 1 amide bonds. The van der Waals surface area contributed by atoms with Crippen LogP contribution in [0, 0.1) is 6.92 Å². The fraction of sp³-hybridized carbons (Fsp3) is 0.368. The molecule has 1 rings (SSSR count). The highest BCUT2D eigenvalue weighted by molar-refractivity contribution is 7.80. The first-order valence-electron chi connectivity index (χ1n) is 8.00. The first-order valence-corrected chi connectivity index (χ1v) is 8.41. The number of amides is 1. The Labute approximate surface area is 144 Å². The Kier molecular flexibility index (Phi) is 8.91. The normalized spacial score (nSPS) is 11.5. The summed E-state index contributed by atoms with van der Waals surface area (Å²) in [5.74, 6) is -0.174. The second-order valence-corrected chi connectivity index (χ2v) is 5.80. The zero-order valence-corrected chi connectivity index (χ0v) is 15.0. The van der Waals surface area contributed by atoms with Gasteiger partial charge in [0, 0.05) is 12.1 Å². The van der Waals surface area contributed by atoms with Crippen LogP contribution in [0.2, 0.25) is 0 Å². The molecule has 0 saturated carbocycles. The molecule has 0 spiro atoms. The predicted molar refractivity (Wildman–Crippen MR) is 102 cm³/mol. The Morgan fingerprint density at radius 1 is 1.17 bits per heavy atom. The van der Waals surface area contributed by atoms with Gasteiger partial charge in [-0.1, -0.05) is 41.5 Å². The minimum absolute atomic E-state index is 0.174. The Balaban J connectivity index is 2.24.